The predicted molar refractivity (Wildman–Crippen MR) is 110 cm³/mol. The first-order chi connectivity index (χ1) is 13.3. The van der Waals surface area contributed by atoms with Gasteiger partial charge in [0.2, 0.25) is 11.8 Å². The van der Waals surface area contributed by atoms with Gasteiger partial charge in [-0.15, -0.1) is 0 Å². The maximum Gasteiger partial charge on any atom is 0.230 e. The monoisotopic (exact) mass is 382 g/mol. The van der Waals surface area contributed by atoms with Crippen LogP contribution in [0.25, 0.3) is 0 Å². The Balaban J connectivity index is 1.57. The number of rotatable bonds is 8. The molecule has 0 radical (unpaired) electrons. The highest BCUT2D eigenvalue weighted by atomic mass is 16.5. The first-order valence-electron chi connectivity index (χ1n) is 9.81. The fourth-order valence-electron chi connectivity index (χ4n) is 3.24. The number of carbonyl (C=O) groups excluding carboxylic acids is 1. The molecule has 0 atom stereocenters. The maximum absolute atomic E-state index is 12.9. The van der Waals surface area contributed by atoms with Crippen LogP contribution in [0.15, 0.2) is 42.6 Å². The topological polar surface area (TPSA) is 60.5 Å². The molecule has 1 N–H and O–H groups in total. The molecule has 1 aromatic carbocycles. The zero-order valence-corrected chi connectivity index (χ0v) is 17.2. The van der Waals surface area contributed by atoms with Crippen LogP contribution in [-0.4, -0.2) is 31.2 Å². The molecule has 0 unspecified atom stereocenters. The van der Waals surface area contributed by atoms with E-state index in [1.165, 1.54) is 5.56 Å². The number of carbonyl (C=O) groups is 1. The number of aromatic nitrogens is 1. The third-order valence-electron chi connectivity index (χ3n) is 5.28. The second-order valence-electron chi connectivity index (χ2n) is 8.44. The van der Waals surface area contributed by atoms with Crippen LogP contribution < -0.4 is 10.1 Å². The van der Waals surface area contributed by atoms with Gasteiger partial charge in [-0.1, -0.05) is 51.1 Å². The summed E-state index contributed by atoms with van der Waals surface area (Å²) in [6, 6.07) is 12.3. The average Bonchev–Trinajstić information content (AvgIpc) is 3.49. The Morgan fingerprint density at radius 1 is 1.11 bits per heavy atom. The number of ether oxygens (including phenoxy) is 2. The lowest BCUT2D eigenvalue weighted by Gasteiger charge is -2.21. The number of pyridine rings is 1. The second-order valence-corrected chi connectivity index (χ2v) is 8.44. The minimum atomic E-state index is -0.368. The van der Waals surface area contributed by atoms with E-state index in [1.807, 2.05) is 12.1 Å². The lowest BCUT2D eigenvalue weighted by molar-refractivity contribution is -0.123. The Labute approximate surface area is 167 Å². The van der Waals surface area contributed by atoms with E-state index in [2.05, 4.69) is 55.3 Å². The molecule has 1 aliphatic rings. The number of hydrogen-bond acceptors (Lipinski definition) is 4. The number of amides is 1. The molecule has 28 heavy (non-hydrogen) atoms. The van der Waals surface area contributed by atoms with Gasteiger partial charge in [0.05, 0.1) is 12.0 Å². The molecule has 1 saturated carbocycles. The molecule has 2 aromatic rings. The predicted octanol–water partition coefficient (Wildman–Crippen LogP) is 3.75. The quantitative estimate of drug-likeness (QED) is 0.707. The molecule has 3 rings (SSSR count). The van der Waals surface area contributed by atoms with Crippen molar-refractivity contribution in [2.24, 2.45) is 0 Å². The summed E-state index contributed by atoms with van der Waals surface area (Å²) in [5.74, 6) is 0.654. The zero-order valence-electron chi connectivity index (χ0n) is 17.2. The van der Waals surface area contributed by atoms with E-state index in [4.69, 9.17) is 9.47 Å². The Kier molecular flexibility index (Phi) is 6.04. The average molecular weight is 383 g/mol. The molecule has 0 bridgehead atoms. The van der Waals surface area contributed by atoms with Crippen molar-refractivity contribution >= 4 is 5.91 Å². The number of methoxy groups -OCH3 is 1. The van der Waals surface area contributed by atoms with Gasteiger partial charge in [0.25, 0.3) is 0 Å². The summed E-state index contributed by atoms with van der Waals surface area (Å²) in [7, 11) is 1.63. The van der Waals surface area contributed by atoms with Gasteiger partial charge in [0.15, 0.2) is 0 Å². The highest BCUT2D eigenvalue weighted by molar-refractivity contribution is 5.91. The van der Waals surface area contributed by atoms with Crippen molar-refractivity contribution in [3.63, 3.8) is 0 Å². The standard InChI is InChI=1S/C23H30N2O3/c1-22(2,3)18-6-8-19(9-7-18)23(11-12-23)21(26)25-16-17-5-10-20(24-15-17)28-14-13-27-4/h5-10,15H,11-14,16H2,1-4H3,(H,25,26). The summed E-state index contributed by atoms with van der Waals surface area (Å²) in [5, 5.41) is 3.08. The van der Waals surface area contributed by atoms with E-state index >= 15 is 0 Å². The van der Waals surface area contributed by atoms with E-state index < -0.39 is 0 Å². The van der Waals surface area contributed by atoms with Gasteiger partial charge in [0, 0.05) is 25.9 Å². The lowest BCUT2D eigenvalue weighted by atomic mass is 9.85. The minimum absolute atomic E-state index is 0.0939. The van der Waals surface area contributed by atoms with Crippen molar-refractivity contribution in [1.82, 2.24) is 10.3 Å². The van der Waals surface area contributed by atoms with E-state index in [1.54, 1.807) is 13.3 Å². The summed E-state index contributed by atoms with van der Waals surface area (Å²) in [6.07, 6.45) is 3.54. The Morgan fingerprint density at radius 3 is 2.36 bits per heavy atom. The smallest absolute Gasteiger partial charge is 0.230 e. The van der Waals surface area contributed by atoms with E-state index in [0.717, 1.165) is 24.0 Å². The van der Waals surface area contributed by atoms with Crippen molar-refractivity contribution in [3.05, 3.63) is 59.3 Å². The van der Waals surface area contributed by atoms with E-state index in [9.17, 15) is 4.79 Å². The first kappa shape index (κ1) is 20.3. The van der Waals surface area contributed by atoms with Crippen molar-refractivity contribution in [3.8, 4) is 5.88 Å². The highest BCUT2D eigenvalue weighted by Gasteiger charge is 2.51. The van der Waals surface area contributed by atoms with E-state index in [0.29, 0.717) is 25.6 Å². The van der Waals surface area contributed by atoms with Gasteiger partial charge in [-0.2, -0.15) is 0 Å². The number of hydrogen-bond donors (Lipinski definition) is 1. The van der Waals surface area contributed by atoms with Crippen LogP contribution in [-0.2, 0) is 26.9 Å². The largest absolute Gasteiger partial charge is 0.475 e. The lowest BCUT2D eigenvalue weighted by Crippen LogP contribution is -2.34. The third-order valence-corrected chi connectivity index (χ3v) is 5.28. The SMILES string of the molecule is COCCOc1ccc(CNC(=O)C2(c3ccc(C(C)(C)C)cc3)CC2)cn1. The molecule has 0 saturated heterocycles. The van der Waals surface area contributed by atoms with Crippen LogP contribution in [0.3, 0.4) is 0 Å². The van der Waals surface area contributed by atoms with Gasteiger partial charge >= 0.3 is 0 Å². The molecular formula is C23H30N2O3. The number of nitrogens with one attached hydrogen (secondary N) is 1. The molecule has 0 spiro atoms. The Morgan fingerprint density at radius 2 is 1.82 bits per heavy atom. The molecule has 1 amide bonds. The van der Waals surface area contributed by atoms with Crippen LogP contribution in [0, 0.1) is 0 Å². The summed E-state index contributed by atoms with van der Waals surface area (Å²) in [6.45, 7) is 8.05. The molecule has 150 valence electrons. The van der Waals surface area contributed by atoms with Crippen LogP contribution in [0.1, 0.15) is 50.3 Å². The van der Waals surface area contributed by atoms with Gasteiger partial charge in [-0.05, 0) is 34.9 Å². The van der Waals surface area contributed by atoms with Gasteiger partial charge in [0.1, 0.15) is 6.61 Å². The molecule has 5 heteroatoms. The van der Waals surface area contributed by atoms with Crippen molar-refractivity contribution < 1.29 is 14.3 Å². The van der Waals surface area contributed by atoms with Crippen LogP contribution in [0.5, 0.6) is 5.88 Å². The van der Waals surface area contributed by atoms with Crippen molar-refractivity contribution in [1.29, 1.82) is 0 Å². The molecule has 1 fully saturated rings. The number of benzene rings is 1. The normalized spacial score (nSPS) is 15.1. The first-order valence-corrected chi connectivity index (χ1v) is 9.81. The molecule has 1 heterocycles. The molecule has 0 aliphatic heterocycles. The van der Waals surface area contributed by atoms with Gasteiger partial charge in [-0.25, -0.2) is 4.98 Å². The zero-order chi connectivity index (χ0) is 20.2. The maximum atomic E-state index is 12.9. The van der Waals surface area contributed by atoms with E-state index in [-0.39, 0.29) is 16.7 Å². The summed E-state index contributed by atoms with van der Waals surface area (Å²) < 4.78 is 10.4. The van der Waals surface area contributed by atoms with Gasteiger partial charge < -0.3 is 14.8 Å². The molecule has 1 aliphatic carbocycles. The second kappa shape index (κ2) is 8.31. The summed E-state index contributed by atoms with van der Waals surface area (Å²) >= 11 is 0. The third kappa shape index (κ3) is 4.71. The molecule has 5 nitrogen and oxygen atoms in total. The fourth-order valence-corrected chi connectivity index (χ4v) is 3.24. The van der Waals surface area contributed by atoms with Gasteiger partial charge in [-0.3, -0.25) is 4.79 Å². The summed E-state index contributed by atoms with van der Waals surface area (Å²) in [5.41, 5.74) is 3.09. The Hall–Kier alpha value is -2.40. The number of nitrogens with zero attached hydrogens (tertiary/aromatic N) is 1. The van der Waals surface area contributed by atoms with Crippen LogP contribution >= 0.6 is 0 Å². The van der Waals surface area contributed by atoms with Crippen molar-refractivity contribution in [2.45, 2.75) is 51.0 Å². The fraction of sp³-hybridized carbons (Fsp3) is 0.478. The van der Waals surface area contributed by atoms with Crippen LogP contribution in [0.2, 0.25) is 0 Å². The van der Waals surface area contributed by atoms with Crippen LogP contribution in [0.4, 0.5) is 0 Å². The Bertz CT molecular complexity index is 788. The molecule has 1 aromatic heterocycles. The van der Waals surface area contributed by atoms with Crippen molar-refractivity contribution in [2.75, 3.05) is 20.3 Å². The highest BCUT2D eigenvalue weighted by Crippen LogP contribution is 2.48. The molecular weight excluding hydrogens is 352 g/mol. The minimum Gasteiger partial charge on any atom is -0.475 e. The summed E-state index contributed by atoms with van der Waals surface area (Å²) in [4.78, 5) is 17.1.